The Kier molecular flexibility index (Phi) is 6.04. The highest BCUT2D eigenvalue weighted by Gasteiger charge is 2.11. The summed E-state index contributed by atoms with van der Waals surface area (Å²) in [6.45, 7) is -1.34. The molecule has 0 aliphatic carbocycles. The Hall–Kier alpha value is -2.55. The topological polar surface area (TPSA) is 55.8 Å². The second-order valence-electron chi connectivity index (χ2n) is 3.47. The second-order valence-corrected chi connectivity index (χ2v) is 3.47. The van der Waals surface area contributed by atoms with Gasteiger partial charge in [-0.25, -0.2) is 4.79 Å². The maximum Gasteiger partial charge on any atom is 0.387 e. The van der Waals surface area contributed by atoms with Gasteiger partial charge in [0.25, 0.3) is 0 Å². The zero-order valence-corrected chi connectivity index (χ0v) is 10.6. The number of ether oxygens (including phenoxy) is 2. The van der Waals surface area contributed by atoms with Gasteiger partial charge in [-0.1, -0.05) is 12.0 Å². The summed E-state index contributed by atoms with van der Waals surface area (Å²) in [5.41, 5.74) is 0.480. The molecule has 0 atom stereocenters. The molecule has 0 heterocycles. The molecule has 0 bridgehead atoms. The SMILES string of the molecule is CC#CCOc1cc(C=CC(=O)O)ccc1OC(F)F. The number of benzene rings is 1. The van der Waals surface area contributed by atoms with Crippen molar-refractivity contribution in [2.75, 3.05) is 6.61 Å². The summed E-state index contributed by atoms with van der Waals surface area (Å²) < 4.78 is 34.0. The molecular formula is C14H12F2O4. The van der Waals surface area contributed by atoms with Crippen LogP contribution in [0.25, 0.3) is 6.08 Å². The standard InChI is InChI=1S/C14H12F2O4/c1-2-3-8-19-12-9-10(5-7-13(17)18)4-6-11(12)20-14(15)16/h4-7,9,14H,8H2,1H3,(H,17,18). The van der Waals surface area contributed by atoms with Crippen LogP contribution < -0.4 is 9.47 Å². The molecule has 1 aromatic rings. The first-order valence-corrected chi connectivity index (χ1v) is 5.55. The van der Waals surface area contributed by atoms with E-state index in [1.165, 1.54) is 24.3 Å². The molecule has 0 aromatic heterocycles. The van der Waals surface area contributed by atoms with Crippen LogP contribution >= 0.6 is 0 Å². The number of alkyl halides is 2. The van der Waals surface area contributed by atoms with E-state index in [0.717, 1.165) is 6.08 Å². The number of carboxylic acids is 1. The van der Waals surface area contributed by atoms with Gasteiger partial charge < -0.3 is 14.6 Å². The van der Waals surface area contributed by atoms with Crippen molar-refractivity contribution in [1.29, 1.82) is 0 Å². The van der Waals surface area contributed by atoms with Crippen molar-refractivity contribution >= 4 is 12.0 Å². The lowest BCUT2D eigenvalue weighted by Crippen LogP contribution is -2.05. The summed E-state index contributed by atoms with van der Waals surface area (Å²) in [7, 11) is 0. The molecule has 1 aromatic carbocycles. The molecule has 0 amide bonds. The van der Waals surface area contributed by atoms with Crippen LogP contribution in [-0.2, 0) is 4.79 Å². The minimum Gasteiger partial charge on any atom is -0.478 e. The van der Waals surface area contributed by atoms with Crippen molar-refractivity contribution in [3.05, 3.63) is 29.8 Å². The van der Waals surface area contributed by atoms with Crippen molar-refractivity contribution in [1.82, 2.24) is 0 Å². The monoisotopic (exact) mass is 282 g/mol. The second kappa shape index (κ2) is 7.79. The molecule has 1 N–H and O–H groups in total. The fraction of sp³-hybridized carbons (Fsp3) is 0.214. The number of aliphatic carboxylic acids is 1. The van der Waals surface area contributed by atoms with Gasteiger partial charge in [-0.3, -0.25) is 0 Å². The van der Waals surface area contributed by atoms with Gasteiger partial charge in [-0.15, -0.1) is 5.92 Å². The third kappa shape index (κ3) is 5.40. The average molecular weight is 282 g/mol. The summed E-state index contributed by atoms with van der Waals surface area (Å²) >= 11 is 0. The highest BCUT2D eigenvalue weighted by atomic mass is 19.3. The van der Waals surface area contributed by atoms with Gasteiger partial charge in [0.15, 0.2) is 11.5 Å². The Bertz CT molecular complexity index is 556. The third-order valence-corrected chi connectivity index (χ3v) is 2.08. The molecule has 0 radical (unpaired) electrons. The third-order valence-electron chi connectivity index (χ3n) is 2.08. The first-order valence-electron chi connectivity index (χ1n) is 5.55. The molecule has 0 saturated carbocycles. The van der Waals surface area contributed by atoms with Crippen molar-refractivity contribution in [3.8, 4) is 23.3 Å². The Morgan fingerprint density at radius 2 is 2.20 bits per heavy atom. The van der Waals surface area contributed by atoms with Gasteiger partial charge in [0, 0.05) is 6.08 Å². The lowest BCUT2D eigenvalue weighted by atomic mass is 10.2. The van der Waals surface area contributed by atoms with Gasteiger partial charge in [0.05, 0.1) is 0 Å². The first kappa shape index (κ1) is 15.5. The van der Waals surface area contributed by atoms with Crippen LogP contribution in [0, 0.1) is 11.8 Å². The van der Waals surface area contributed by atoms with Gasteiger partial charge in [-0.2, -0.15) is 8.78 Å². The van der Waals surface area contributed by atoms with Crippen LogP contribution in [0.4, 0.5) is 8.78 Å². The Morgan fingerprint density at radius 1 is 1.45 bits per heavy atom. The van der Waals surface area contributed by atoms with Crippen molar-refractivity contribution in [3.63, 3.8) is 0 Å². The molecule has 0 aliphatic heterocycles. The maximum absolute atomic E-state index is 12.2. The molecule has 20 heavy (non-hydrogen) atoms. The Morgan fingerprint density at radius 3 is 2.80 bits per heavy atom. The fourth-order valence-corrected chi connectivity index (χ4v) is 1.29. The summed E-state index contributed by atoms with van der Waals surface area (Å²) in [6.07, 6.45) is 2.24. The molecule has 1 rings (SSSR count). The molecule has 106 valence electrons. The quantitative estimate of drug-likeness (QED) is 0.644. The molecule has 0 unspecified atom stereocenters. The van der Waals surface area contributed by atoms with E-state index in [2.05, 4.69) is 16.6 Å². The van der Waals surface area contributed by atoms with E-state index in [1.54, 1.807) is 6.92 Å². The van der Waals surface area contributed by atoms with E-state index in [1.807, 2.05) is 0 Å². The van der Waals surface area contributed by atoms with E-state index in [9.17, 15) is 13.6 Å². The number of carbonyl (C=O) groups is 1. The minimum atomic E-state index is -2.98. The lowest BCUT2D eigenvalue weighted by molar-refractivity contribution is -0.131. The minimum absolute atomic E-state index is 0.0161. The van der Waals surface area contributed by atoms with Crippen LogP contribution in [0.1, 0.15) is 12.5 Å². The lowest BCUT2D eigenvalue weighted by Gasteiger charge is -2.11. The Labute approximate surface area is 114 Å². The summed E-state index contributed by atoms with van der Waals surface area (Å²) in [6, 6.07) is 4.12. The Balaban J connectivity index is 2.99. The van der Waals surface area contributed by atoms with Crippen LogP contribution in [0.15, 0.2) is 24.3 Å². The summed E-state index contributed by atoms with van der Waals surface area (Å²) in [5.74, 6) is 4.04. The van der Waals surface area contributed by atoms with E-state index < -0.39 is 12.6 Å². The summed E-state index contributed by atoms with van der Waals surface area (Å²) in [5, 5.41) is 8.53. The normalized spacial score (nSPS) is 10.2. The first-order chi connectivity index (χ1) is 9.52. The average Bonchev–Trinajstić information content (AvgIpc) is 2.38. The predicted octanol–water partition coefficient (Wildman–Crippen LogP) is 2.79. The number of hydrogen-bond acceptors (Lipinski definition) is 3. The molecule has 0 saturated heterocycles. The van der Waals surface area contributed by atoms with Gasteiger partial charge in [0.2, 0.25) is 0 Å². The highest BCUT2D eigenvalue weighted by molar-refractivity contribution is 5.85. The molecule has 4 nitrogen and oxygen atoms in total. The molecule has 0 aliphatic rings. The number of halogens is 2. The van der Waals surface area contributed by atoms with Crippen LogP contribution in [-0.4, -0.2) is 24.3 Å². The zero-order valence-electron chi connectivity index (χ0n) is 10.6. The van der Waals surface area contributed by atoms with Gasteiger partial charge in [-0.05, 0) is 30.7 Å². The fourth-order valence-electron chi connectivity index (χ4n) is 1.29. The van der Waals surface area contributed by atoms with E-state index in [0.29, 0.717) is 5.56 Å². The number of hydrogen-bond donors (Lipinski definition) is 1. The molecule has 0 spiro atoms. The van der Waals surface area contributed by atoms with Crippen molar-refractivity contribution < 1.29 is 28.2 Å². The summed E-state index contributed by atoms with van der Waals surface area (Å²) in [4.78, 5) is 10.4. The molecule has 6 heteroatoms. The highest BCUT2D eigenvalue weighted by Crippen LogP contribution is 2.30. The van der Waals surface area contributed by atoms with E-state index in [4.69, 9.17) is 9.84 Å². The van der Waals surface area contributed by atoms with Crippen LogP contribution in [0.2, 0.25) is 0 Å². The van der Waals surface area contributed by atoms with Gasteiger partial charge in [0.1, 0.15) is 6.61 Å². The van der Waals surface area contributed by atoms with Gasteiger partial charge >= 0.3 is 12.6 Å². The van der Waals surface area contributed by atoms with E-state index in [-0.39, 0.29) is 18.1 Å². The van der Waals surface area contributed by atoms with E-state index >= 15 is 0 Å². The molecule has 0 fully saturated rings. The zero-order chi connectivity index (χ0) is 15.0. The van der Waals surface area contributed by atoms with Crippen LogP contribution in [0.3, 0.4) is 0 Å². The largest absolute Gasteiger partial charge is 0.478 e. The smallest absolute Gasteiger partial charge is 0.387 e. The van der Waals surface area contributed by atoms with Crippen LogP contribution in [0.5, 0.6) is 11.5 Å². The van der Waals surface area contributed by atoms with Crippen molar-refractivity contribution in [2.45, 2.75) is 13.5 Å². The predicted molar refractivity (Wildman–Crippen MR) is 68.7 cm³/mol. The molecular weight excluding hydrogens is 270 g/mol. The number of rotatable bonds is 6. The maximum atomic E-state index is 12.2. The van der Waals surface area contributed by atoms with Crippen molar-refractivity contribution in [2.24, 2.45) is 0 Å². The number of carboxylic acid groups (broad SMARTS) is 1.